The Morgan fingerprint density at radius 3 is 2.46 bits per heavy atom. The van der Waals surface area contributed by atoms with Crippen LogP contribution >= 0.6 is 0 Å². The second-order valence-corrected chi connectivity index (χ2v) is 6.51. The summed E-state index contributed by atoms with van der Waals surface area (Å²) in [6.07, 6.45) is 0. The maximum atomic E-state index is 12.6. The van der Waals surface area contributed by atoms with E-state index in [1.165, 1.54) is 0 Å². The number of hydrogen-bond donors (Lipinski definition) is 0. The first-order valence-electron chi connectivity index (χ1n) is 8.12. The Morgan fingerprint density at radius 1 is 1.08 bits per heavy atom. The molecule has 0 bridgehead atoms. The zero-order valence-corrected chi connectivity index (χ0v) is 14.0. The van der Waals surface area contributed by atoms with Crippen molar-refractivity contribution in [1.82, 2.24) is 14.8 Å². The number of nitrogens with zero attached hydrogens (tertiary/aromatic N) is 3. The Balaban J connectivity index is 2.08. The van der Waals surface area contributed by atoms with Crippen LogP contribution in [0.4, 0.5) is 0 Å². The smallest absolute Gasteiger partial charge is 0.147 e. The van der Waals surface area contributed by atoms with E-state index in [1.807, 2.05) is 54.9 Å². The van der Waals surface area contributed by atoms with E-state index in [0.29, 0.717) is 5.82 Å². The van der Waals surface area contributed by atoms with E-state index in [1.54, 1.807) is 6.92 Å². The topological polar surface area (TPSA) is 47.8 Å². The lowest BCUT2D eigenvalue weighted by Gasteiger charge is -2.37. The van der Waals surface area contributed by atoms with E-state index in [4.69, 9.17) is 0 Å². The molecule has 1 aliphatic heterocycles. The summed E-state index contributed by atoms with van der Waals surface area (Å²) in [5.41, 5.74) is 2.50. The molecule has 1 aliphatic rings. The molecule has 0 saturated carbocycles. The fourth-order valence-electron chi connectivity index (χ4n) is 3.70. The van der Waals surface area contributed by atoms with Crippen molar-refractivity contribution in [2.24, 2.45) is 0 Å². The molecule has 1 aromatic heterocycles. The number of Topliss-reactive ketones (excluding diaryl/α,β-unsaturated/α-hetero) is 1. The molecule has 4 rings (SSSR count). The molecule has 2 heterocycles. The summed E-state index contributed by atoms with van der Waals surface area (Å²) in [6.45, 7) is 5.46. The second kappa shape index (κ2) is 5.13. The molecule has 0 N–H and O–H groups in total. The summed E-state index contributed by atoms with van der Waals surface area (Å²) in [5, 5.41) is 4.64. The van der Waals surface area contributed by atoms with Crippen LogP contribution in [0.1, 0.15) is 48.2 Å². The second-order valence-electron chi connectivity index (χ2n) is 6.51. The SMILES string of the molecule is CC(=O)[C@@]1(C)c2ccccc2[C@@H](c2ccccc2)n2nc(C)nc21. The van der Waals surface area contributed by atoms with E-state index < -0.39 is 5.41 Å². The lowest BCUT2D eigenvalue weighted by atomic mass is 9.71. The monoisotopic (exact) mass is 317 g/mol. The minimum Gasteiger partial charge on any atom is -0.299 e. The first-order valence-corrected chi connectivity index (χ1v) is 8.12. The van der Waals surface area contributed by atoms with Crippen LogP contribution in [0.3, 0.4) is 0 Å². The molecule has 0 spiro atoms. The van der Waals surface area contributed by atoms with Crippen LogP contribution in [0.15, 0.2) is 54.6 Å². The molecule has 0 radical (unpaired) electrons. The molecular weight excluding hydrogens is 298 g/mol. The highest BCUT2D eigenvalue weighted by atomic mass is 16.1. The standard InChI is InChI=1S/C20H19N3O/c1-13(24)20(3)17-12-8-7-11-16(17)18(15-9-5-4-6-10-15)23-19(20)21-14(2)22-23/h4-12,18H,1-3H3/t18-,20+/m1/s1. The van der Waals surface area contributed by atoms with Crippen molar-refractivity contribution in [2.75, 3.05) is 0 Å². The van der Waals surface area contributed by atoms with Crippen LogP contribution in [0.25, 0.3) is 0 Å². The van der Waals surface area contributed by atoms with E-state index in [9.17, 15) is 4.79 Å². The number of carbonyl (C=O) groups excluding carboxylic acids is 1. The number of aryl methyl sites for hydroxylation is 1. The molecule has 0 saturated heterocycles. The third-order valence-corrected chi connectivity index (χ3v) is 5.04. The Morgan fingerprint density at radius 2 is 1.75 bits per heavy atom. The zero-order chi connectivity index (χ0) is 16.9. The van der Waals surface area contributed by atoms with Gasteiger partial charge in [-0.15, -0.1) is 0 Å². The lowest BCUT2D eigenvalue weighted by Crippen LogP contribution is -2.42. The van der Waals surface area contributed by atoms with E-state index in [0.717, 1.165) is 22.5 Å². The van der Waals surface area contributed by atoms with Gasteiger partial charge in [0.1, 0.15) is 28.9 Å². The van der Waals surface area contributed by atoms with Crippen LogP contribution in [0.2, 0.25) is 0 Å². The van der Waals surface area contributed by atoms with Crippen LogP contribution in [-0.2, 0) is 10.2 Å². The van der Waals surface area contributed by atoms with Crippen LogP contribution in [0, 0.1) is 6.92 Å². The number of rotatable bonds is 2. The number of fused-ring (bicyclic) bond motifs is 2. The summed E-state index contributed by atoms with van der Waals surface area (Å²) in [4.78, 5) is 17.2. The lowest BCUT2D eigenvalue weighted by molar-refractivity contribution is -0.121. The molecule has 0 aliphatic carbocycles. The summed E-state index contributed by atoms with van der Waals surface area (Å²) in [7, 11) is 0. The number of benzene rings is 2. The Hall–Kier alpha value is -2.75. The van der Waals surface area contributed by atoms with Crippen molar-refractivity contribution >= 4 is 5.78 Å². The number of aromatic nitrogens is 3. The predicted molar refractivity (Wildman–Crippen MR) is 92.0 cm³/mol. The first-order chi connectivity index (χ1) is 11.5. The maximum absolute atomic E-state index is 12.6. The van der Waals surface area contributed by atoms with Crippen molar-refractivity contribution in [3.05, 3.63) is 82.9 Å². The normalized spacial score (nSPS) is 21.9. The fourth-order valence-corrected chi connectivity index (χ4v) is 3.70. The molecular formula is C20H19N3O. The van der Waals surface area contributed by atoms with Gasteiger partial charge in [-0.1, -0.05) is 54.6 Å². The summed E-state index contributed by atoms with van der Waals surface area (Å²) in [5.74, 6) is 1.49. The maximum Gasteiger partial charge on any atom is 0.147 e. The van der Waals surface area contributed by atoms with Crippen molar-refractivity contribution in [1.29, 1.82) is 0 Å². The Bertz CT molecular complexity index is 929. The molecule has 2 atom stereocenters. The van der Waals surface area contributed by atoms with Gasteiger partial charge in [0.25, 0.3) is 0 Å². The van der Waals surface area contributed by atoms with Gasteiger partial charge in [0.15, 0.2) is 0 Å². The summed E-state index contributed by atoms with van der Waals surface area (Å²) >= 11 is 0. The molecule has 0 unspecified atom stereocenters. The Kier molecular flexibility index (Phi) is 3.17. The van der Waals surface area contributed by atoms with Gasteiger partial charge in [0, 0.05) is 0 Å². The van der Waals surface area contributed by atoms with E-state index in [2.05, 4.69) is 28.3 Å². The van der Waals surface area contributed by atoms with Gasteiger partial charge < -0.3 is 0 Å². The average molecular weight is 317 g/mol. The summed E-state index contributed by atoms with van der Waals surface area (Å²) in [6, 6.07) is 18.3. The molecule has 0 fully saturated rings. The molecule has 3 aromatic rings. The van der Waals surface area contributed by atoms with Gasteiger partial charge >= 0.3 is 0 Å². The zero-order valence-electron chi connectivity index (χ0n) is 14.0. The van der Waals surface area contributed by atoms with Gasteiger partial charge in [-0.25, -0.2) is 9.67 Å². The summed E-state index contributed by atoms with van der Waals surface area (Å²) < 4.78 is 1.92. The average Bonchev–Trinajstić information content (AvgIpc) is 2.98. The molecule has 2 aromatic carbocycles. The van der Waals surface area contributed by atoms with E-state index in [-0.39, 0.29) is 11.8 Å². The molecule has 0 amide bonds. The minimum atomic E-state index is -0.775. The third-order valence-electron chi connectivity index (χ3n) is 5.04. The molecule has 24 heavy (non-hydrogen) atoms. The van der Waals surface area contributed by atoms with Crippen molar-refractivity contribution in [3.63, 3.8) is 0 Å². The van der Waals surface area contributed by atoms with Gasteiger partial charge in [0.2, 0.25) is 0 Å². The van der Waals surface area contributed by atoms with Crippen molar-refractivity contribution < 1.29 is 4.79 Å². The number of ketones is 1. The highest BCUT2D eigenvalue weighted by Crippen LogP contribution is 2.44. The van der Waals surface area contributed by atoms with Gasteiger partial charge in [0.05, 0.1) is 0 Å². The van der Waals surface area contributed by atoms with Crippen LogP contribution in [-0.4, -0.2) is 20.5 Å². The molecule has 4 heteroatoms. The Labute approximate surface area is 141 Å². The molecule has 120 valence electrons. The van der Waals surface area contributed by atoms with Gasteiger partial charge in [-0.3, -0.25) is 4.79 Å². The minimum absolute atomic E-state index is 0.0639. The van der Waals surface area contributed by atoms with Gasteiger partial charge in [-0.2, -0.15) is 5.10 Å². The number of hydrogen-bond acceptors (Lipinski definition) is 3. The van der Waals surface area contributed by atoms with Crippen LogP contribution < -0.4 is 0 Å². The highest BCUT2D eigenvalue weighted by molar-refractivity contribution is 5.91. The third kappa shape index (κ3) is 1.89. The fraction of sp³-hybridized carbons (Fsp3) is 0.250. The quantitative estimate of drug-likeness (QED) is 0.727. The van der Waals surface area contributed by atoms with Crippen molar-refractivity contribution in [2.45, 2.75) is 32.2 Å². The first kappa shape index (κ1) is 14.8. The van der Waals surface area contributed by atoms with Crippen LogP contribution in [0.5, 0.6) is 0 Å². The van der Waals surface area contributed by atoms with E-state index >= 15 is 0 Å². The highest BCUT2D eigenvalue weighted by Gasteiger charge is 2.46. The largest absolute Gasteiger partial charge is 0.299 e. The predicted octanol–water partition coefficient (Wildman–Crippen LogP) is 3.43. The number of carbonyl (C=O) groups is 1. The van der Waals surface area contributed by atoms with Gasteiger partial charge in [-0.05, 0) is 37.5 Å². The molecule has 4 nitrogen and oxygen atoms in total. The van der Waals surface area contributed by atoms with Crippen molar-refractivity contribution in [3.8, 4) is 0 Å².